The smallest absolute Gasteiger partial charge is 0.357 e. The third-order valence-corrected chi connectivity index (χ3v) is 4.80. The first-order valence-corrected chi connectivity index (χ1v) is 9.27. The number of ketones is 2. The van der Waals surface area contributed by atoms with Gasteiger partial charge in [-0.05, 0) is 19.1 Å². The van der Waals surface area contributed by atoms with Gasteiger partial charge in [-0.1, -0.05) is 32.6 Å². The number of ether oxygens (including phenoxy) is 1. The highest BCUT2D eigenvalue weighted by atomic mass is 32.2. The van der Waals surface area contributed by atoms with Gasteiger partial charge in [0.2, 0.25) is 11.6 Å². The fourth-order valence-electron chi connectivity index (χ4n) is 2.46. The van der Waals surface area contributed by atoms with Gasteiger partial charge in [0.15, 0.2) is 5.69 Å². The van der Waals surface area contributed by atoms with Crippen LogP contribution in [0.25, 0.3) is 0 Å². The van der Waals surface area contributed by atoms with Crippen molar-refractivity contribution in [2.24, 2.45) is 0 Å². The molecule has 1 aliphatic carbocycles. The minimum Gasteiger partial charge on any atom is -0.461 e. The maximum Gasteiger partial charge on any atom is 0.357 e. The van der Waals surface area contributed by atoms with Crippen molar-refractivity contribution in [3.05, 3.63) is 27.9 Å². The van der Waals surface area contributed by atoms with E-state index in [9.17, 15) is 14.4 Å². The second-order valence-corrected chi connectivity index (χ2v) is 6.64. The monoisotopic (exact) mass is 350 g/mol. The molecule has 0 saturated heterocycles. The van der Waals surface area contributed by atoms with Crippen molar-refractivity contribution in [3.8, 4) is 0 Å². The number of H-pyrrole nitrogens is 1. The maximum atomic E-state index is 12.6. The third kappa shape index (κ3) is 4.14. The number of rotatable bonds is 9. The van der Waals surface area contributed by atoms with Crippen LogP contribution in [0.4, 0.5) is 0 Å². The summed E-state index contributed by atoms with van der Waals surface area (Å²) < 4.78 is 4.91. The summed E-state index contributed by atoms with van der Waals surface area (Å²) in [5.74, 6) is -0.584. The summed E-state index contributed by atoms with van der Waals surface area (Å²) in [5.41, 5.74) is -0.0101. The molecule has 0 fully saturated rings. The summed E-state index contributed by atoms with van der Waals surface area (Å²) in [6.45, 7) is 4.02. The minimum atomic E-state index is -0.668. The number of carbonyl (C=O) groups is 3. The van der Waals surface area contributed by atoms with E-state index in [1.165, 1.54) is 37.1 Å². The van der Waals surface area contributed by atoms with E-state index in [1.807, 2.05) is 0 Å². The minimum absolute atomic E-state index is 0.00431. The SMILES string of the molecule is CCCCCCCSC1=CC(=O)c2n[nH]c(C(=O)OCC)c2C1=O. The molecule has 0 atom stereocenters. The van der Waals surface area contributed by atoms with E-state index in [-0.39, 0.29) is 35.1 Å². The first kappa shape index (κ1) is 18.4. The van der Waals surface area contributed by atoms with E-state index in [2.05, 4.69) is 17.1 Å². The number of nitrogens with one attached hydrogen (secondary N) is 1. The number of hydrogen-bond acceptors (Lipinski definition) is 6. The normalized spacial score (nSPS) is 13.7. The lowest BCUT2D eigenvalue weighted by molar-refractivity contribution is 0.0516. The van der Waals surface area contributed by atoms with E-state index in [1.54, 1.807) is 6.92 Å². The van der Waals surface area contributed by atoms with Crippen molar-refractivity contribution < 1.29 is 19.1 Å². The van der Waals surface area contributed by atoms with Crippen molar-refractivity contribution in [1.82, 2.24) is 10.2 Å². The van der Waals surface area contributed by atoms with Gasteiger partial charge in [0, 0.05) is 6.08 Å². The molecule has 2 rings (SSSR count). The molecule has 1 heterocycles. The number of allylic oxidation sites excluding steroid dienone is 2. The van der Waals surface area contributed by atoms with E-state index >= 15 is 0 Å². The van der Waals surface area contributed by atoms with Crippen LogP contribution in [0.2, 0.25) is 0 Å². The first-order valence-electron chi connectivity index (χ1n) is 8.29. The molecule has 1 aliphatic rings. The summed E-state index contributed by atoms with van der Waals surface area (Å²) in [6.07, 6.45) is 7.00. The number of esters is 1. The van der Waals surface area contributed by atoms with Crippen LogP contribution in [0.5, 0.6) is 0 Å². The van der Waals surface area contributed by atoms with Crippen molar-refractivity contribution in [2.45, 2.75) is 46.0 Å². The van der Waals surface area contributed by atoms with Gasteiger partial charge in [-0.2, -0.15) is 5.10 Å². The van der Waals surface area contributed by atoms with Gasteiger partial charge in [-0.3, -0.25) is 14.7 Å². The average molecular weight is 350 g/mol. The Bertz CT molecular complexity index is 664. The van der Waals surface area contributed by atoms with Gasteiger partial charge in [-0.25, -0.2) is 4.79 Å². The molecular weight excluding hydrogens is 328 g/mol. The lowest BCUT2D eigenvalue weighted by Gasteiger charge is -2.11. The molecule has 0 spiro atoms. The van der Waals surface area contributed by atoms with Crippen LogP contribution < -0.4 is 0 Å². The summed E-state index contributed by atoms with van der Waals surface area (Å²) in [7, 11) is 0. The molecule has 0 aromatic carbocycles. The van der Waals surface area contributed by atoms with E-state index in [4.69, 9.17) is 4.74 Å². The largest absolute Gasteiger partial charge is 0.461 e. The Morgan fingerprint density at radius 1 is 1.21 bits per heavy atom. The van der Waals surface area contributed by atoms with Gasteiger partial charge in [0.25, 0.3) is 0 Å². The third-order valence-electron chi connectivity index (χ3n) is 3.70. The number of carbonyl (C=O) groups excluding carboxylic acids is 3. The molecule has 24 heavy (non-hydrogen) atoms. The predicted octanol–water partition coefficient (Wildman–Crippen LogP) is 3.55. The molecule has 0 bridgehead atoms. The van der Waals surface area contributed by atoms with Crippen molar-refractivity contribution in [3.63, 3.8) is 0 Å². The number of aromatic nitrogens is 2. The van der Waals surface area contributed by atoms with E-state index in [0.29, 0.717) is 4.91 Å². The standard InChI is InChI=1S/C17H22N2O4S/c1-3-5-6-7-8-9-24-12-10-11(20)14-13(16(12)21)15(19-18-14)17(22)23-4-2/h10H,3-9H2,1-2H3,(H,18,19). The molecule has 1 aromatic heterocycles. The summed E-state index contributed by atoms with van der Waals surface area (Å²) >= 11 is 1.36. The lowest BCUT2D eigenvalue weighted by atomic mass is 9.99. The van der Waals surface area contributed by atoms with Gasteiger partial charge in [0.1, 0.15) is 5.69 Å². The van der Waals surface area contributed by atoms with Crippen molar-refractivity contribution in [1.29, 1.82) is 0 Å². The predicted molar refractivity (Wildman–Crippen MR) is 92.5 cm³/mol. The molecule has 0 amide bonds. The molecule has 0 aliphatic heterocycles. The Labute approximate surface area is 145 Å². The molecule has 7 heteroatoms. The Morgan fingerprint density at radius 3 is 2.67 bits per heavy atom. The highest BCUT2D eigenvalue weighted by Gasteiger charge is 2.34. The van der Waals surface area contributed by atoms with Crippen LogP contribution in [0.3, 0.4) is 0 Å². The molecule has 0 radical (unpaired) electrons. The van der Waals surface area contributed by atoms with Gasteiger partial charge >= 0.3 is 5.97 Å². The Hall–Kier alpha value is -1.89. The zero-order chi connectivity index (χ0) is 17.5. The second-order valence-electron chi connectivity index (χ2n) is 5.51. The molecular formula is C17H22N2O4S. The molecule has 1 aromatic rings. The van der Waals surface area contributed by atoms with Crippen LogP contribution in [-0.2, 0) is 4.74 Å². The number of Topliss-reactive ketones (excluding diaryl/α,β-unsaturated/α-hetero) is 1. The zero-order valence-electron chi connectivity index (χ0n) is 14.0. The quantitative estimate of drug-likeness (QED) is 0.541. The van der Waals surface area contributed by atoms with E-state index < -0.39 is 5.97 Å². The van der Waals surface area contributed by atoms with Crippen LogP contribution in [-0.4, -0.2) is 40.1 Å². The number of aromatic amines is 1. The topological polar surface area (TPSA) is 89.1 Å². The first-order chi connectivity index (χ1) is 11.6. The van der Waals surface area contributed by atoms with Gasteiger partial charge < -0.3 is 4.74 Å². The number of fused-ring (bicyclic) bond motifs is 1. The summed E-state index contributed by atoms with van der Waals surface area (Å²) in [5, 5.41) is 6.27. The van der Waals surface area contributed by atoms with Gasteiger partial charge in [-0.15, -0.1) is 11.8 Å². The highest BCUT2D eigenvalue weighted by molar-refractivity contribution is 8.04. The van der Waals surface area contributed by atoms with Crippen LogP contribution in [0.15, 0.2) is 11.0 Å². The molecule has 1 N–H and O–H groups in total. The fourth-order valence-corrected chi connectivity index (χ4v) is 3.46. The Kier molecular flexibility index (Phi) is 6.78. The summed E-state index contributed by atoms with van der Waals surface area (Å²) in [4.78, 5) is 37.0. The van der Waals surface area contributed by atoms with E-state index in [0.717, 1.165) is 18.6 Å². The Balaban J connectivity index is 2.05. The number of nitrogens with zero attached hydrogens (tertiary/aromatic N) is 1. The number of unbranched alkanes of at least 4 members (excludes halogenated alkanes) is 4. The van der Waals surface area contributed by atoms with Gasteiger partial charge in [0.05, 0.1) is 17.1 Å². The second kappa shape index (κ2) is 8.82. The number of thioether (sulfide) groups is 1. The zero-order valence-corrected chi connectivity index (χ0v) is 14.8. The fraction of sp³-hybridized carbons (Fsp3) is 0.529. The van der Waals surface area contributed by atoms with Crippen molar-refractivity contribution in [2.75, 3.05) is 12.4 Å². The van der Waals surface area contributed by atoms with Crippen LogP contribution in [0, 0.1) is 0 Å². The average Bonchev–Trinajstić information content (AvgIpc) is 3.01. The molecule has 0 unspecified atom stereocenters. The maximum absolute atomic E-state index is 12.6. The van der Waals surface area contributed by atoms with Crippen LogP contribution >= 0.6 is 11.8 Å². The van der Waals surface area contributed by atoms with Crippen molar-refractivity contribution >= 4 is 29.3 Å². The molecule has 6 nitrogen and oxygen atoms in total. The summed E-state index contributed by atoms with van der Waals surface area (Å²) in [6, 6.07) is 0. The lowest BCUT2D eigenvalue weighted by Crippen LogP contribution is -2.18. The van der Waals surface area contributed by atoms with Crippen LogP contribution in [0.1, 0.15) is 77.3 Å². The number of hydrogen-bond donors (Lipinski definition) is 1. The Morgan fingerprint density at radius 2 is 1.96 bits per heavy atom. The molecule has 130 valence electrons. The highest BCUT2D eigenvalue weighted by Crippen LogP contribution is 2.30. The molecule has 0 saturated carbocycles.